The molecule has 106 valence electrons. The van der Waals surface area contributed by atoms with Crippen LogP contribution in [0.25, 0.3) is 0 Å². The van der Waals surface area contributed by atoms with Gasteiger partial charge in [0.05, 0.1) is 0 Å². The monoisotopic (exact) mass is 272 g/mol. The summed E-state index contributed by atoms with van der Waals surface area (Å²) in [6.07, 6.45) is -11.8. The van der Waals surface area contributed by atoms with Crippen LogP contribution in [0.15, 0.2) is 0 Å². The van der Waals surface area contributed by atoms with Gasteiger partial charge in [0.25, 0.3) is 0 Å². The van der Waals surface area contributed by atoms with Gasteiger partial charge in [0.1, 0.15) is 18.3 Å². The molecule has 2 aliphatic rings. The smallest absolute Gasteiger partial charge is 0.381 e. The molecule has 2 unspecified atom stereocenters. The third-order valence-corrected chi connectivity index (χ3v) is 2.93. The number of methoxy groups -OCH3 is 1. The quantitative estimate of drug-likeness (QED) is 0.806. The van der Waals surface area contributed by atoms with E-state index in [0.29, 0.717) is 0 Å². The minimum atomic E-state index is -4.78. The molecule has 5 atom stereocenters. The minimum absolute atomic E-state index is 0.785. The summed E-state index contributed by atoms with van der Waals surface area (Å²) in [4.78, 5) is 0. The molecule has 0 spiro atoms. The van der Waals surface area contributed by atoms with Crippen LogP contribution in [-0.2, 0) is 18.9 Å². The van der Waals surface area contributed by atoms with E-state index in [1.54, 1.807) is 13.8 Å². The zero-order valence-corrected chi connectivity index (χ0v) is 10.1. The van der Waals surface area contributed by atoms with Gasteiger partial charge in [-0.3, -0.25) is 0 Å². The van der Waals surface area contributed by atoms with E-state index in [0.717, 1.165) is 0 Å². The van der Waals surface area contributed by atoms with Crippen LogP contribution in [0.1, 0.15) is 13.8 Å². The molecule has 0 saturated carbocycles. The van der Waals surface area contributed by atoms with Crippen molar-refractivity contribution in [1.82, 2.24) is 0 Å². The van der Waals surface area contributed by atoms with Crippen LogP contribution in [-0.4, -0.2) is 54.9 Å². The van der Waals surface area contributed by atoms with E-state index in [-0.39, 0.29) is 0 Å². The number of hydrogen-bond donors (Lipinski definition) is 1. The number of rotatable bonds is 2. The highest BCUT2D eigenvalue weighted by atomic mass is 19.4. The Bertz CT molecular complexity index is 316. The predicted octanol–water partition coefficient (Wildman–Crippen LogP) is 0.801. The Kier molecular flexibility index (Phi) is 3.35. The van der Waals surface area contributed by atoms with E-state index in [2.05, 4.69) is 0 Å². The van der Waals surface area contributed by atoms with Gasteiger partial charge in [-0.05, 0) is 13.8 Å². The lowest BCUT2D eigenvalue weighted by molar-refractivity contribution is -0.277. The van der Waals surface area contributed by atoms with Crippen molar-refractivity contribution in [2.24, 2.45) is 0 Å². The van der Waals surface area contributed by atoms with E-state index in [1.807, 2.05) is 0 Å². The number of aliphatic hydroxyl groups excluding tert-OH is 1. The van der Waals surface area contributed by atoms with Crippen LogP contribution in [0, 0.1) is 0 Å². The van der Waals surface area contributed by atoms with Crippen LogP contribution in [0.3, 0.4) is 0 Å². The first kappa shape index (κ1) is 14.0. The standard InChI is InChI=1S/C10H15F3O5/c1-9(2)17-4-5(7(14)10(11,12)13)16-8(15-3)6(4)18-9/h4-8,14H,1-3H3/t4-,5+,6-,7?,8?/m1/s1. The SMILES string of the molecule is COC1O[C@H](C(O)C(F)(F)F)[C@H]2OC(C)(C)O[C@@H]12. The number of alkyl halides is 3. The molecule has 0 bridgehead atoms. The second-order valence-electron chi connectivity index (χ2n) is 4.76. The lowest BCUT2D eigenvalue weighted by Crippen LogP contribution is -2.46. The van der Waals surface area contributed by atoms with Crippen molar-refractivity contribution in [3.05, 3.63) is 0 Å². The van der Waals surface area contributed by atoms with Crippen LogP contribution in [0.5, 0.6) is 0 Å². The van der Waals surface area contributed by atoms with Gasteiger partial charge in [-0.1, -0.05) is 0 Å². The third-order valence-electron chi connectivity index (χ3n) is 2.93. The molecule has 0 amide bonds. The second kappa shape index (κ2) is 4.31. The van der Waals surface area contributed by atoms with E-state index in [9.17, 15) is 18.3 Å². The molecule has 2 rings (SSSR count). The first-order chi connectivity index (χ1) is 8.15. The maximum absolute atomic E-state index is 12.5. The fourth-order valence-corrected chi connectivity index (χ4v) is 2.22. The molecule has 0 radical (unpaired) electrons. The molecule has 8 heteroatoms. The van der Waals surface area contributed by atoms with Gasteiger partial charge in [0.15, 0.2) is 18.2 Å². The zero-order chi connectivity index (χ0) is 13.7. The van der Waals surface area contributed by atoms with Gasteiger partial charge < -0.3 is 24.1 Å². The summed E-state index contributed by atoms with van der Waals surface area (Å²) >= 11 is 0. The lowest BCUT2D eigenvalue weighted by Gasteiger charge is -2.26. The van der Waals surface area contributed by atoms with Gasteiger partial charge in [-0.15, -0.1) is 0 Å². The summed E-state index contributed by atoms with van der Waals surface area (Å²) in [6.45, 7) is 3.16. The maximum Gasteiger partial charge on any atom is 0.417 e. The summed E-state index contributed by atoms with van der Waals surface area (Å²) in [7, 11) is 1.29. The molecule has 2 fully saturated rings. The predicted molar refractivity (Wildman–Crippen MR) is 51.6 cm³/mol. The van der Waals surface area contributed by atoms with Crippen molar-refractivity contribution in [3.8, 4) is 0 Å². The van der Waals surface area contributed by atoms with Crippen LogP contribution < -0.4 is 0 Å². The Morgan fingerprint density at radius 1 is 1.22 bits per heavy atom. The summed E-state index contributed by atoms with van der Waals surface area (Å²) < 4.78 is 58.2. The number of aliphatic hydroxyl groups is 1. The van der Waals surface area contributed by atoms with Gasteiger partial charge in [0, 0.05) is 7.11 Å². The average molecular weight is 272 g/mol. The summed E-state index contributed by atoms with van der Waals surface area (Å²) in [5.41, 5.74) is 0. The fraction of sp³-hybridized carbons (Fsp3) is 1.00. The Morgan fingerprint density at radius 2 is 1.78 bits per heavy atom. The molecule has 18 heavy (non-hydrogen) atoms. The first-order valence-corrected chi connectivity index (χ1v) is 5.44. The topological polar surface area (TPSA) is 57.2 Å². The molecule has 0 aromatic carbocycles. The maximum atomic E-state index is 12.5. The molecule has 0 aromatic rings. The minimum Gasteiger partial charge on any atom is -0.381 e. The highest BCUT2D eigenvalue weighted by Gasteiger charge is 2.61. The summed E-state index contributed by atoms with van der Waals surface area (Å²) in [5.74, 6) is -1.03. The third kappa shape index (κ3) is 2.35. The van der Waals surface area contributed by atoms with Gasteiger partial charge in [-0.2, -0.15) is 13.2 Å². The highest BCUT2D eigenvalue weighted by molar-refractivity contribution is 4.99. The van der Waals surface area contributed by atoms with Gasteiger partial charge >= 0.3 is 6.18 Å². The van der Waals surface area contributed by atoms with E-state index >= 15 is 0 Å². The Hall–Kier alpha value is -0.410. The molecule has 5 nitrogen and oxygen atoms in total. The number of hydrogen-bond acceptors (Lipinski definition) is 5. The van der Waals surface area contributed by atoms with Crippen molar-refractivity contribution in [2.75, 3.05) is 7.11 Å². The fourth-order valence-electron chi connectivity index (χ4n) is 2.22. The van der Waals surface area contributed by atoms with Crippen LogP contribution in [0.2, 0.25) is 0 Å². The normalized spacial score (nSPS) is 40.8. The molecule has 2 saturated heterocycles. The average Bonchev–Trinajstić information content (AvgIpc) is 2.68. The molecule has 1 N–H and O–H groups in total. The molecule has 2 aliphatic heterocycles. The van der Waals surface area contributed by atoms with E-state index < -0.39 is 42.7 Å². The van der Waals surface area contributed by atoms with Crippen molar-refractivity contribution in [1.29, 1.82) is 0 Å². The molecular formula is C10H15F3O5. The molecular weight excluding hydrogens is 257 g/mol. The Balaban J connectivity index is 2.19. The summed E-state index contributed by atoms with van der Waals surface area (Å²) in [5, 5.41) is 9.27. The van der Waals surface area contributed by atoms with Crippen LogP contribution in [0.4, 0.5) is 13.2 Å². The molecule has 2 heterocycles. The van der Waals surface area contributed by atoms with E-state index in [4.69, 9.17) is 18.9 Å². The van der Waals surface area contributed by atoms with E-state index in [1.165, 1.54) is 7.11 Å². The van der Waals surface area contributed by atoms with Gasteiger partial charge in [-0.25, -0.2) is 0 Å². The largest absolute Gasteiger partial charge is 0.417 e. The highest BCUT2D eigenvalue weighted by Crippen LogP contribution is 2.42. The van der Waals surface area contributed by atoms with Crippen molar-refractivity contribution >= 4 is 0 Å². The molecule has 0 aliphatic carbocycles. The number of fused-ring (bicyclic) bond motifs is 1. The summed E-state index contributed by atoms with van der Waals surface area (Å²) in [6, 6.07) is 0. The van der Waals surface area contributed by atoms with Crippen LogP contribution >= 0.6 is 0 Å². The second-order valence-corrected chi connectivity index (χ2v) is 4.76. The Morgan fingerprint density at radius 3 is 2.28 bits per heavy atom. The Labute approximate surface area is 102 Å². The molecule has 0 aromatic heterocycles. The number of halogens is 3. The van der Waals surface area contributed by atoms with Crippen molar-refractivity contribution in [2.45, 2.75) is 56.5 Å². The van der Waals surface area contributed by atoms with Gasteiger partial charge in [0.2, 0.25) is 0 Å². The lowest BCUT2D eigenvalue weighted by atomic mass is 10.1. The first-order valence-electron chi connectivity index (χ1n) is 5.44. The number of ether oxygens (including phenoxy) is 4. The zero-order valence-electron chi connectivity index (χ0n) is 10.1. The van der Waals surface area contributed by atoms with Crippen molar-refractivity contribution < 1.29 is 37.2 Å². The van der Waals surface area contributed by atoms with Crippen molar-refractivity contribution in [3.63, 3.8) is 0 Å².